The molecule has 94 valence electrons. The van der Waals surface area contributed by atoms with Crippen LogP contribution in [0, 0.1) is 20.2 Å². The minimum absolute atomic E-state index is 0.0819. The van der Waals surface area contributed by atoms with Gasteiger partial charge in [-0.05, 0) is 6.07 Å². The van der Waals surface area contributed by atoms with Gasteiger partial charge >= 0.3 is 5.69 Å². The fraction of sp³-hybridized carbons (Fsp3) is 0.143. The van der Waals surface area contributed by atoms with Crippen LogP contribution in [0.15, 0.2) is 18.2 Å². The van der Waals surface area contributed by atoms with E-state index >= 15 is 0 Å². The Bertz CT molecular complexity index is 405. The van der Waals surface area contributed by atoms with Crippen molar-refractivity contribution in [1.82, 2.24) is 0 Å². The van der Waals surface area contributed by atoms with Crippen LogP contribution in [0.1, 0.15) is 0 Å². The molecule has 0 saturated carbocycles. The van der Waals surface area contributed by atoms with Gasteiger partial charge in [0, 0.05) is 12.1 Å². The number of nitrogens with one attached hydrogen (secondary N) is 1. The largest absolute Gasteiger partial charge is 0.490 e. The van der Waals surface area contributed by atoms with Crippen LogP contribution in [-0.2, 0) is 0 Å². The highest BCUT2D eigenvalue weighted by atomic mass is 16.9. The third-order valence-corrected chi connectivity index (χ3v) is 1.54. The van der Waals surface area contributed by atoms with Gasteiger partial charge in [-0.3, -0.25) is 16.0 Å². The summed E-state index contributed by atoms with van der Waals surface area (Å²) in [5.74, 6) is 5.31. The van der Waals surface area contributed by atoms with Crippen LogP contribution in [0.3, 0.4) is 0 Å². The lowest BCUT2D eigenvalue weighted by Crippen LogP contribution is -2.06. The zero-order chi connectivity index (χ0) is 13.4. The molecule has 0 heterocycles. The minimum Gasteiger partial charge on any atom is -0.490 e. The molecule has 1 aromatic carbocycles. The first kappa shape index (κ1) is 14.4. The van der Waals surface area contributed by atoms with Gasteiger partial charge in [-0.25, -0.2) is 0 Å². The molecule has 0 fully saturated rings. The zero-order valence-electron chi connectivity index (χ0n) is 8.69. The van der Waals surface area contributed by atoms with Crippen molar-refractivity contribution in [2.45, 2.75) is 0 Å². The van der Waals surface area contributed by atoms with Gasteiger partial charge in [0.25, 0.3) is 5.09 Å². The number of benzene rings is 1. The summed E-state index contributed by atoms with van der Waals surface area (Å²) < 4.78 is 4.81. The van der Waals surface area contributed by atoms with E-state index in [1.54, 1.807) is 0 Å². The van der Waals surface area contributed by atoms with Crippen LogP contribution in [0.5, 0.6) is 5.75 Å². The van der Waals surface area contributed by atoms with Gasteiger partial charge in [-0.15, -0.1) is 10.1 Å². The Morgan fingerprint density at radius 2 is 1.94 bits per heavy atom. The molecular weight excluding hydrogens is 236 g/mol. The fourth-order valence-corrected chi connectivity index (χ4v) is 0.918. The van der Waals surface area contributed by atoms with E-state index in [4.69, 9.17) is 25.9 Å². The zero-order valence-corrected chi connectivity index (χ0v) is 8.69. The second-order valence-electron chi connectivity index (χ2n) is 2.53. The Hall–Kier alpha value is -2.62. The van der Waals surface area contributed by atoms with Gasteiger partial charge in [0.2, 0.25) is 0 Å². The first-order chi connectivity index (χ1) is 7.92. The number of nitrogens with two attached hydrogens (primary N) is 1. The molecule has 0 unspecified atom stereocenters. The molecule has 0 bridgehead atoms. The highest BCUT2D eigenvalue weighted by molar-refractivity contribution is 5.57. The van der Waals surface area contributed by atoms with Crippen LogP contribution < -0.4 is 16.0 Å². The number of hydrogen-bond donors (Lipinski definition) is 3. The normalized spacial score (nSPS) is 8.59. The molecule has 0 radical (unpaired) electrons. The molecule has 17 heavy (non-hydrogen) atoms. The van der Waals surface area contributed by atoms with E-state index in [9.17, 15) is 10.1 Å². The second-order valence-corrected chi connectivity index (χ2v) is 2.53. The number of hydrogen-bond acceptors (Lipinski definition) is 7. The van der Waals surface area contributed by atoms with Crippen molar-refractivity contribution in [2.24, 2.45) is 5.84 Å². The molecular formula is C7H10N4O6. The van der Waals surface area contributed by atoms with E-state index in [1.165, 1.54) is 25.3 Å². The SMILES string of the molecule is COc1cc(NN)ccc1[N+](=O)[O-].O=[N+]([O-])O. The summed E-state index contributed by atoms with van der Waals surface area (Å²) in [7, 11) is 1.36. The van der Waals surface area contributed by atoms with Gasteiger partial charge in [0.15, 0.2) is 5.75 Å². The maximum absolute atomic E-state index is 10.5. The van der Waals surface area contributed by atoms with Crippen LogP contribution in [0.4, 0.5) is 11.4 Å². The summed E-state index contributed by atoms with van der Waals surface area (Å²) in [6.45, 7) is 0. The van der Waals surface area contributed by atoms with Crippen molar-refractivity contribution < 1.29 is 20.0 Å². The summed E-state index contributed by atoms with van der Waals surface area (Å²) in [5.41, 5.74) is 2.84. The lowest BCUT2D eigenvalue weighted by atomic mass is 10.2. The van der Waals surface area contributed by atoms with Crippen molar-refractivity contribution in [2.75, 3.05) is 12.5 Å². The average Bonchev–Trinajstić information content (AvgIpc) is 2.27. The van der Waals surface area contributed by atoms with Crippen molar-refractivity contribution in [3.05, 3.63) is 38.4 Å². The minimum atomic E-state index is -1.50. The molecule has 0 aromatic heterocycles. The molecule has 0 saturated heterocycles. The number of nitro benzene ring substituents is 1. The van der Waals surface area contributed by atoms with Gasteiger partial charge in [0.1, 0.15) is 0 Å². The molecule has 1 aromatic rings. The molecule has 0 aliphatic rings. The molecule has 0 amide bonds. The first-order valence-corrected chi connectivity index (χ1v) is 4.04. The summed E-state index contributed by atoms with van der Waals surface area (Å²) in [4.78, 5) is 18.3. The van der Waals surface area contributed by atoms with Crippen molar-refractivity contribution in [1.29, 1.82) is 0 Å². The maximum Gasteiger partial charge on any atom is 0.311 e. The Balaban J connectivity index is 0.000000557. The monoisotopic (exact) mass is 246 g/mol. The third kappa shape index (κ3) is 5.13. The Morgan fingerprint density at radius 3 is 2.29 bits per heavy atom. The van der Waals surface area contributed by atoms with Gasteiger partial charge in [-0.1, -0.05) is 0 Å². The molecule has 0 spiro atoms. The first-order valence-electron chi connectivity index (χ1n) is 4.04. The maximum atomic E-state index is 10.5. The summed E-state index contributed by atoms with van der Waals surface area (Å²) >= 11 is 0. The highest BCUT2D eigenvalue weighted by Gasteiger charge is 2.13. The fourth-order valence-electron chi connectivity index (χ4n) is 0.918. The topological polar surface area (TPSA) is 154 Å². The van der Waals surface area contributed by atoms with Gasteiger partial charge in [0.05, 0.1) is 17.7 Å². The molecule has 10 nitrogen and oxygen atoms in total. The molecule has 10 heteroatoms. The predicted molar refractivity (Wildman–Crippen MR) is 56.2 cm³/mol. The third-order valence-electron chi connectivity index (χ3n) is 1.54. The van der Waals surface area contributed by atoms with Crippen molar-refractivity contribution in [3.63, 3.8) is 0 Å². The van der Waals surface area contributed by atoms with E-state index in [2.05, 4.69) is 5.43 Å². The number of anilines is 1. The van der Waals surface area contributed by atoms with E-state index in [0.29, 0.717) is 5.69 Å². The number of nitrogens with zero attached hydrogens (tertiary/aromatic N) is 2. The van der Waals surface area contributed by atoms with Gasteiger partial charge in [-0.2, -0.15) is 0 Å². The lowest BCUT2D eigenvalue weighted by Gasteiger charge is -2.03. The number of ether oxygens (including phenoxy) is 1. The number of rotatable bonds is 3. The van der Waals surface area contributed by atoms with Crippen LogP contribution in [-0.4, -0.2) is 22.3 Å². The Kier molecular flexibility index (Phi) is 5.74. The Morgan fingerprint density at radius 1 is 1.41 bits per heavy atom. The quantitative estimate of drug-likeness (QED) is 0.396. The van der Waals surface area contributed by atoms with Crippen molar-refractivity contribution >= 4 is 11.4 Å². The van der Waals surface area contributed by atoms with Crippen LogP contribution in [0.2, 0.25) is 0 Å². The second kappa shape index (κ2) is 6.79. The molecule has 1 rings (SSSR count). The number of hydrazine groups is 1. The van der Waals surface area contributed by atoms with Crippen molar-refractivity contribution in [3.8, 4) is 5.75 Å². The highest BCUT2D eigenvalue weighted by Crippen LogP contribution is 2.28. The van der Waals surface area contributed by atoms with Gasteiger partial charge < -0.3 is 15.4 Å². The summed E-state index contributed by atoms with van der Waals surface area (Å²) in [5, 5.41) is 24.1. The molecule has 4 N–H and O–H groups in total. The number of nitrogen functional groups attached to an aromatic ring is 1. The van der Waals surface area contributed by atoms with E-state index in [1.807, 2.05) is 0 Å². The molecule has 0 aliphatic carbocycles. The van der Waals surface area contributed by atoms with E-state index in [0.717, 1.165) is 0 Å². The lowest BCUT2D eigenvalue weighted by molar-refractivity contribution is -0.742. The smallest absolute Gasteiger partial charge is 0.311 e. The Labute approximate surface area is 94.8 Å². The number of methoxy groups -OCH3 is 1. The molecule has 0 atom stereocenters. The standard InChI is InChI=1S/C7H9N3O3.HNO3/c1-13-7-4-5(9-8)2-3-6(7)10(11)12;2-1(3)4/h2-4,9H,8H2,1H3;(H,2,3,4). The van der Waals surface area contributed by atoms with Crippen LogP contribution in [0.25, 0.3) is 0 Å². The summed E-state index contributed by atoms with van der Waals surface area (Å²) in [6.07, 6.45) is 0. The number of nitro groups is 1. The predicted octanol–water partition coefficient (Wildman–Crippen LogP) is 0.541. The van der Waals surface area contributed by atoms with Crippen LogP contribution >= 0.6 is 0 Å². The van der Waals surface area contributed by atoms with E-state index < -0.39 is 10.0 Å². The van der Waals surface area contributed by atoms with E-state index in [-0.39, 0.29) is 11.4 Å². The average molecular weight is 246 g/mol. The molecule has 0 aliphatic heterocycles. The summed E-state index contributed by atoms with van der Waals surface area (Å²) in [6, 6.07) is 4.28.